The Hall–Kier alpha value is -3.00. The Balaban J connectivity index is 1.90. The van der Waals surface area contributed by atoms with Crippen molar-refractivity contribution in [3.63, 3.8) is 0 Å². The molecule has 0 fully saturated rings. The van der Waals surface area contributed by atoms with E-state index < -0.39 is 0 Å². The summed E-state index contributed by atoms with van der Waals surface area (Å²) in [6, 6.07) is 7.18. The van der Waals surface area contributed by atoms with Crippen LogP contribution < -0.4 is 0 Å². The van der Waals surface area contributed by atoms with Crippen LogP contribution >= 0.6 is 0 Å². The van der Waals surface area contributed by atoms with Gasteiger partial charge in [0.2, 0.25) is 0 Å². The molecule has 2 heterocycles. The summed E-state index contributed by atoms with van der Waals surface area (Å²) < 4.78 is 0. The molecule has 0 spiro atoms. The Morgan fingerprint density at radius 1 is 1.29 bits per heavy atom. The van der Waals surface area contributed by atoms with E-state index in [0.29, 0.717) is 23.5 Å². The fourth-order valence-electron chi connectivity index (χ4n) is 2.51. The van der Waals surface area contributed by atoms with Crippen molar-refractivity contribution < 1.29 is 9.90 Å². The number of nitrogens with zero attached hydrogens (tertiary/aromatic N) is 4. The number of rotatable bonds is 6. The molecule has 0 unspecified atom stereocenters. The van der Waals surface area contributed by atoms with Crippen molar-refractivity contribution in [3.05, 3.63) is 53.9 Å². The second-order valence-electron chi connectivity index (χ2n) is 5.32. The van der Waals surface area contributed by atoms with Gasteiger partial charge in [0.15, 0.2) is 5.82 Å². The highest BCUT2D eigenvalue weighted by molar-refractivity contribution is 6.00. The molecule has 0 saturated carbocycles. The van der Waals surface area contributed by atoms with Crippen molar-refractivity contribution in [2.75, 3.05) is 13.2 Å². The van der Waals surface area contributed by atoms with Gasteiger partial charge in [0.25, 0.3) is 5.91 Å². The maximum atomic E-state index is 13.0. The zero-order valence-corrected chi connectivity index (χ0v) is 13.2. The van der Waals surface area contributed by atoms with E-state index in [1.54, 1.807) is 23.2 Å². The Morgan fingerprint density at radius 3 is 2.79 bits per heavy atom. The highest BCUT2D eigenvalue weighted by Gasteiger charge is 2.21. The number of aliphatic hydroxyl groups is 1. The Labute approximate surface area is 138 Å². The van der Waals surface area contributed by atoms with Crippen LogP contribution in [0.15, 0.2) is 36.8 Å². The number of H-pyrrole nitrogens is 2. The van der Waals surface area contributed by atoms with Crippen molar-refractivity contribution in [1.82, 2.24) is 30.0 Å². The first-order valence-corrected chi connectivity index (χ1v) is 7.54. The number of carbonyl (C=O) groups excluding carboxylic acids is 1. The van der Waals surface area contributed by atoms with Gasteiger partial charge in [-0.2, -0.15) is 5.10 Å². The van der Waals surface area contributed by atoms with Gasteiger partial charge < -0.3 is 15.0 Å². The van der Waals surface area contributed by atoms with E-state index in [1.807, 2.05) is 19.1 Å². The minimum absolute atomic E-state index is 0.122. The fourth-order valence-corrected chi connectivity index (χ4v) is 2.51. The van der Waals surface area contributed by atoms with Crippen molar-refractivity contribution >= 4 is 5.91 Å². The Bertz CT molecular complexity index is 812. The second-order valence-corrected chi connectivity index (χ2v) is 5.32. The van der Waals surface area contributed by atoms with Crippen LogP contribution in [0.2, 0.25) is 0 Å². The molecule has 124 valence electrons. The van der Waals surface area contributed by atoms with Crippen LogP contribution in [0.4, 0.5) is 0 Å². The third-order valence-corrected chi connectivity index (χ3v) is 3.60. The van der Waals surface area contributed by atoms with Gasteiger partial charge in [-0.25, -0.2) is 9.97 Å². The fraction of sp³-hybridized carbons (Fsp3) is 0.250. The minimum atomic E-state index is -0.191. The number of amides is 1. The highest BCUT2D eigenvalue weighted by Crippen LogP contribution is 2.21. The van der Waals surface area contributed by atoms with Gasteiger partial charge in [-0.15, -0.1) is 0 Å². The van der Waals surface area contributed by atoms with Crippen LogP contribution in [0.1, 0.15) is 21.9 Å². The molecule has 3 rings (SSSR count). The summed E-state index contributed by atoms with van der Waals surface area (Å²) >= 11 is 0. The average molecular weight is 326 g/mol. The van der Waals surface area contributed by atoms with Crippen molar-refractivity contribution in [3.8, 4) is 11.4 Å². The molecule has 8 nitrogen and oxygen atoms in total. The number of aromatic nitrogens is 5. The van der Waals surface area contributed by atoms with E-state index >= 15 is 0 Å². The van der Waals surface area contributed by atoms with Crippen LogP contribution in [0.5, 0.6) is 0 Å². The number of benzene rings is 1. The molecule has 24 heavy (non-hydrogen) atoms. The lowest BCUT2D eigenvalue weighted by atomic mass is 10.1. The average Bonchev–Trinajstić information content (AvgIpc) is 3.26. The summed E-state index contributed by atoms with van der Waals surface area (Å²) in [6.45, 7) is 2.29. The molecule has 0 aliphatic rings. The van der Waals surface area contributed by atoms with Crippen LogP contribution in [0, 0.1) is 6.92 Å². The van der Waals surface area contributed by atoms with Crippen LogP contribution in [-0.2, 0) is 6.54 Å². The first kappa shape index (κ1) is 15.9. The summed E-state index contributed by atoms with van der Waals surface area (Å²) in [5.74, 6) is 1.12. The second kappa shape index (κ2) is 7.05. The molecule has 3 aromatic rings. The monoisotopic (exact) mass is 326 g/mol. The van der Waals surface area contributed by atoms with Crippen LogP contribution in [0.25, 0.3) is 11.4 Å². The van der Waals surface area contributed by atoms with E-state index in [9.17, 15) is 9.90 Å². The molecule has 0 aliphatic heterocycles. The molecule has 0 atom stereocenters. The van der Waals surface area contributed by atoms with Gasteiger partial charge in [0, 0.05) is 12.1 Å². The third-order valence-electron chi connectivity index (χ3n) is 3.60. The molecule has 0 bridgehead atoms. The van der Waals surface area contributed by atoms with Gasteiger partial charge in [0.05, 0.1) is 30.6 Å². The summed E-state index contributed by atoms with van der Waals surface area (Å²) in [4.78, 5) is 25.9. The number of aryl methyl sites for hydroxylation is 1. The van der Waals surface area contributed by atoms with Gasteiger partial charge in [-0.05, 0) is 13.0 Å². The SMILES string of the molecule is Cc1ncc(CN(CCO)C(=O)c2ccccc2-c2ncn[nH]2)[nH]1. The number of nitrogens with one attached hydrogen (secondary N) is 2. The number of carbonyl (C=O) groups is 1. The van der Waals surface area contributed by atoms with Gasteiger partial charge in [0.1, 0.15) is 12.2 Å². The number of imidazole rings is 1. The van der Waals surface area contributed by atoms with Gasteiger partial charge in [-0.1, -0.05) is 18.2 Å². The molecule has 0 saturated heterocycles. The summed E-state index contributed by atoms with van der Waals surface area (Å²) in [7, 11) is 0. The lowest BCUT2D eigenvalue weighted by molar-refractivity contribution is 0.0706. The lowest BCUT2D eigenvalue weighted by Gasteiger charge is -2.22. The molecule has 8 heteroatoms. The largest absolute Gasteiger partial charge is 0.395 e. The first-order chi connectivity index (χ1) is 11.7. The third kappa shape index (κ3) is 3.33. The number of hydrogen-bond acceptors (Lipinski definition) is 5. The highest BCUT2D eigenvalue weighted by atomic mass is 16.3. The molecular weight excluding hydrogens is 308 g/mol. The van der Waals surface area contributed by atoms with Gasteiger partial charge >= 0.3 is 0 Å². The molecular formula is C16H18N6O2. The molecule has 0 aliphatic carbocycles. The lowest BCUT2D eigenvalue weighted by Crippen LogP contribution is -2.33. The van der Waals surface area contributed by atoms with Crippen LogP contribution in [-0.4, -0.2) is 54.2 Å². The molecule has 1 amide bonds. The standard InChI is InChI=1S/C16H18N6O2/c1-11-17-8-12(20-11)9-22(6-7-23)16(24)14-5-3-2-4-13(14)15-18-10-19-21-15/h2-5,8,10,23H,6-7,9H2,1H3,(H,17,20)(H,18,19,21). The van der Waals surface area contributed by atoms with Crippen LogP contribution in [0.3, 0.4) is 0 Å². The normalized spacial score (nSPS) is 10.8. The summed E-state index contributed by atoms with van der Waals surface area (Å²) in [6.07, 6.45) is 3.09. The predicted molar refractivity (Wildman–Crippen MR) is 87.0 cm³/mol. The van der Waals surface area contributed by atoms with E-state index in [0.717, 1.165) is 11.5 Å². The number of aromatic amines is 2. The van der Waals surface area contributed by atoms with Crippen molar-refractivity contribution in [2.24, 2.45) is 0 Å². The zero-order chi connectivity index (χ0) is 16.9. The molecule has 1 aromatic carbocycles. The minimum Gasteiger partial charge on any atom is -0.395 e. The molecule has 0 radical (unpaired) electrons. The number of aliphatic hydroxyl groups excluding tert-OH is 1. The van der Waals surface area contributed by atoms with E-state index in [-0.39, 0.29) is 19.1 Å². The molecule has 3 N–H and O–H groups in total. The Kier molecular flexibility index (Phi) is 4.66. The van der Waals surface area contributed by atoms with Gasteiger partial charge in [-0.3, -0.25) is 9.89 Å². The molecule has 2 aromatic heterocycles. The van der Waals surface area contributed by atoms with E-state index in [2.05, 4.69) is 25.1 Å². The quantitative estimate of drug-likeness (QED) is 0.629. The smallest absolute Gasteiger partial charge is 0.255 e. The van der Waals surface area contributed by atoms with E-state index in [1.165, 1.54) is 6.33 Å². The van der Waals surface area contributed by atoms with Crippen molar-refractivity contribution in [1.29, 1.82) is 0 Å². The predicted octanol–water partition coefficient (Wildman–Crippen LogP) is 1.14. The maximum absolute atomic E-state index is 13.0. The summed E-state index contributed by atoms with van der Waals surface area (Å²) in [5, 5.41) is 15.9. The van der Waals surface area contributed by atoms with E-state index in [4.69, 9.17) is 0 Å². The maximum Gasteiger partial charge on any atom is 0.255 e. The summed E-state index contributed by atoms with van der Waals surface area (Å²) in [5.41, 5.74) is 1.98. The first-order valence-electron chi connectivity index (χ1n) is 7.54. The number of hydrogen-bond donors (Lipinski definition) is 3. The Morgan fingerprint density at radius 2 is 2.12 bits per heavy atom. The zero-order valence-electron chi connectivity index (χ0n) is 13.2. The topological polar surface area (TPSA) is 111 Å². The van der Waals surface area contributed by atoms with Crippen molar-refractivity contribution in [2.45, 2.75) is 13.5 Å².